The lowest BCUT2D eigenvalue weighted by atomic mass is 9.95. The Labute approximate surface area is 120 Å². The molecule has 2 unspecified atom stereocenters. The Kier molecular flexibility index (Phi) is 3.70. The molecule has 1 aromatic rings. The largest absolute Gasteiger partial charge is 0.312 e. The lowest BCUT2D eigenvalue weighted by Gasteiger charge is -2.22. The van der Waals surface area contributed by atoms with Crippen LogP contribution in [0.4, 0.5) is 0 Å². The van der Waals surface area contributed by atoms with Crippen LogP contribution >= 0.6 is 23.2 Å². The second-order valence-electron chi connectivity index (χ2n) is 6.57. The molecule has 1 nitrogen and oxygen atoms in total. The quantitative estimate of drug-likeness (QED) is 0.852. The minimum atomic E-state index is 0.168. The zero-order valence-corrected chi connectivity index (χ0v) is 13.0. The topological polar surface area (TPSA) is 12.0 Å². The normalized spacial score (nSPS) is 27.3. The highest BCUT2D eigenvalue weighted by atomic mass is 35.5. The molecule has 3 heteroatoms. The van der Waals surface area contributed by atoms with Gasteiger partial charge in [-0.3, -0.25) is 0 Å². The fraction of sp³-hybridized carbons (Fsp3) is 0.600. The van der Waals surface area contributed by atoms with Gasteiger partial charge in [0.25, 0.3) is 0 Å². The molecular formula is C15H21Cl2N. The molecule has 2 atom stereocenters. The maximum Gasteiger partial charge on any atom is 0.0444 e. The summed E-state index contributed by atoms with van der Waals surface area (Å²) in [4.78, 5) is 0. The van der Waals surface area contributed by atoms with Gasteiger partial charge in [0.1, 0.15) is 0 Å². The van der Waals surface area contributed by atoms with Gasteiger partial charge in [-0.25, -0.2) is 0 Å². The molecule has 0 heterocycles. The maximum absolute atomic E-state index is 6.30. The van der Waals surface area contributed by atoms with E-state index in [1.165, 1.54) is 12.0 Å². The van der Waals surface area contributed by atoms with Crippen LogP contribution in [0, 0.1) is 5.92 Å². The number of hydrogen-bond donors (Lipinski definition) is 1. The molecule has 1 aliphatic carbocycles. The van der Waals surface area contributed by atoms with Crippen LogP contribution in [-0.4, -0.2) is 12.1 Å². The van der Waals surface area contributed by atoms with Gasteiger partial charge >= 0.3 is 0 Å². The number of rotatable bonds is 3. The first kappa shape index (κ1) is 14.2. The van der Waals surface area contributed by atoms with E-state index in [0.29, 0.717) is 5.92 Å². The number of benzene rings is 1. The molecule has 1 N–H and O–H groups in total. The summed E-state index contributed by atoms with van der Waals surface area (Å²) in [6.07, 6.45) is 1.18. The molecule has 1 fully saturated rings. The zero-order valence-electron chi connectivity index (χ0n) is 11.5. The Morgan fingerprint density at radius 2 is 2.00 bits per heavy atom. The van der Waals surface area contributed by atoms with Crippen LogP contribution in [0.5, 0.6) is 0 Å². The van der Waals surface area contributed by atoms with E-state index < -0.39 is 0 Å². The highest BCUT2D eigenvalue weighted by Gasteiger charge is 2.51. The van der Waals surface area contributed by atoms with Crippen molar-refractivity contribution in [3.05, 3.63) is 33.8 Å². The third-order valence-electron chi connectivity index (χ3n) is 3.83. The summed E-state index contributed by atoms with van der Waals surface area (Å²) in [5, 5.41) is 5.17. The Balaban J connectivity index is 2.09. The van der Waals surface area contributed by atoms with E-state index in [4.69, 9.17) is 23.2 Å². The van der Waals surface area contributed by atoms with Crippen molar-refractivity contribution >= 4 is 23.2 Å². The van der Waals surface area contributed by atoms with Crippen molar-refractivity contribution in [3.8, 4) is 0 Å². The SMILES string of the molecule is CC(C)(C)NCC1CC1(C)c1cc(Cl)ccc1Cl. The van der Waals surface area contributed by atoms with Crippen LogP contribution in [0.2, 0.25) is 10.0 Å². The first-order valence-corrected chi connectivity index (χ1v) is 7.18. The van der Waals surface area contributed by atoms with Crippen LogP contribution < -0.4 is 5.32 Å². The van der Waals surface area contributed by atoms with E-state index in [2.05, 4.69) is 33.0 Å². The molecule has 1 aliphatic rings. The molecule has 0 saturated heterocycles. The summed E-state index contributed by atoms with van der Waals surface area (Å²) >= 11 is 12.4. The maximum atomic E-state index is 6.30. The van der Waals surface area contributed by atoms with Crippen LogP contribution in [0.25, 0.3) is 0 Å². The zero-order chi connectivity index (χ0) is 13.6. The van der Waals surface area contributed by atoms with Crippen molar-refractivity contribution in [2.45, 2.75) is 45.1 Å². The number of nitrogens with one attached hydrogen (secondary N) is 1. The molecule has 0 radical (unpaired) electrons. The second kappa shape index (κ2) is 4.70. The fourth-order valence-corrected chi connectivity index (χ4v) is 2.95. The minimum Gasteiger partial charge on any atom is -0.312 e. The number of hydrogen-bond acceptors (Lipinski definition) is 1. The minimum absolute atomic E-state index is 0.168. The molecule has 0 spiro atoms. The molecule has 2 rings (SSSR count). The first-order valence-electron chi connectivity index (χ1n) is 6.43. The Morgan fingerprint density at radius 1 is 1.33 bits per heavy atom. The van der Waals surface area contributed by atoms with E-state index in [1.54, 1.807) is 0 Å². The van der Waals surface area contributed by atoms with Crippen LogP contribution in [-0.2, 0) is 5.41 Å². The van der Waals surface area contributed by atoms with E-state index in [0.717, 1.165) is 16.6 Å². The predicted molar refractivity (Wildman–Crippen MR) is 79.7 cm³/mol. The van der Waals surface area contributed by atoms with Crippen molar-refractivity contribution in [1.29, 1.82) is 0 Å². The monoisotopic (exact) mass is 285 g/mol. The van der Waals surface area contributed by atoms with Gasteiger partial charge in [0.05, 0.1) is 0 Å². The van der Waals surface area contributed by atoms with E-state index >= 15 is 0 Å². The fourth-order valence-electron chi connectivity index (χ4n) is 2.44. The van der Waals surface area contributed by atoms with Gasteiger partial charge in [-0.2, -0.15) is 0 Å². The molecule has 1 saturated carbocycles. The standard InChI is InChI=1S/C15H21Cl2N/c1-14(2,3)18-9-10-8-15(10,4)12-7-11(16)5-6-13(12)17/h5-7,10,18H,8-9H2,1-4H3. The summed E-state index contributed by atoms with van der Waals surface area (Å²) in [6, 6.07) is 5.76. The third kappa shape index (κ3) is 3.01. The van der Waals surface area contributed by atoms with Crippen molar-refractivity contribution < 1.29 is 0 Å². The summed E-state index contributed by atoms with van der Waals surface area (Å²) in [6.45, 7) is 9.89. The van der Waals surface area contributed by atoms with Gasteiger partial charge in [-0.1, -0.05) is 30.1 Å². The van der Waals surface area contributed by atoms with Crippen molar-refractivity contribution in [3.63, 3.8) is 0 Å². The van der Waals surface area contributed by atoms with Crippen molar-refractivity contribution in [2.75, 3.05) is 6.54 Å². The molecule has 0 aromatic heterocycles. The second-order valence-corrected chi connectivity index (χ2v) is 7.42. The van der Waals surface area contributed by atoms with Gasteiger partial charge in [0.2, 0.25) is 0 Å². The lowest BCUT2D eigenvalue weighted by Crippen LogP contribution is -2.37. The van der Waals surface area contributed by atoms with Crippen molar-refractivity contribution in [2.24, 2.45) is 5.92 Å². The Morgan fingerprint density at radius 3 is 2.61 bits per heavy atom. The smallest absolute Gasteiger partial charge is 0.0444 e. The van der Waals surface area contributed by atoms with Gasteiger partial charge in [0, 0.05) is 15.6 Å². The van der Waals surface area contributed by atoms with Gasteiger partial charge in [0.15, 0.2) is 0 Å². The first-order chi connectivity index (χ1) is 8.22. The third-order valence-corrected chi connectivity index (χ3v) is 4.40. The predicted octanol–water partition coefficient (Wildman–Crippen LogP) is 4.66. The van der Waals surface area contributed by atoms with Crippen molar-refractivity contribution in [1.82, 2.24) is 5.32 Å². The highest BCUT2D eigenvalue weighted by Crippen LogP contribution is 2.55. The average Bonchev–Trinajstić information content (AvgIpc) is 2.91. The van der Waals surface area contributed by atoms with E-state index in [1.807, 2.05) is 18.2 Å². The van der Waals surface area contributed by atoms with Gasteiger partial charge in [-0.15, -0.1) is 0 Å². The summed E-state index contributed by atoms with van der Waals surface area (Å²) in [7, 11) is 0. The lowest BCUT2D eigenvalue weighted by molar-refractivity contribution is 0.406. The summed E-state index contributed by atoms with van der Waals surface area (Å²) in [5.74, 6) is 0.646. The molecular weight excluding hydrogens is 265 g/mol. The summed E-state index contributed by atoms with van der Waals surface area (Å²) < 4.78 is 0. The number of halogens is 2. The molecule has 100 valence electrons. The Hall–Kier alpha value is -0.240. The molecule has 1 aromatic carbocycles. The van der Waals surface area contributed by atoms with E-state index in [9.17, 15) is 0 Å². The van der Waals surface area contributed by atoms with E-state index in [-0.39, 0.29) is 11.0 Å². The van der Waals surface area contributed by atoms with Crippen LogP contribution in [0.3, 0.4) is 0 Å². The van der Waals surface area contributed by atoms with Gasteiger partial charge in [-0.05, 0) is 68.8 Å². The average molecular weight is 286 g/mol. The Bertz CT molecular complexity index is 450. The summed E-state index contributed by atoms with van der Waals surface area (Å²) in [5.41, 5.74) is 1.54. The molecule has 0 amide bonds. The van der Waals surface area contributed by atoms with Crippen LogP contribution in [0.1, 0.15) is 39.7 Å². The van der Waals surface area contributed by atoms with Gasteiger partial charge < -0.3 is 5.32 Å². The van der Waals surface area contributed by atoms with Crippen LogP contribution in [0.15, 0.2) is 18.2 Å². The molecule has 0 bridgehead atoms. The highest BCUT2D eigenvalue weighted by molar-refractivity contribution is 6.33. The molecule has 0 aliphatic heterocycles. The molecule has 18 heavy (non-hydrogen) atoms.